The molecule has 0 spiro atoms. The molecule has 2 atom stereocenters. The molecular weight excluding hydrogens is 324 g/mol. The van der Waals surface area contributed by atoms with Crippen molar-refractivity contribution in [2.45, 2.75) is 38.8 Å². The highest BCUT2D eigenvalue weighted by atomic mass is 28.5. The molecule has 0 aliphatic carbocycles. The van der Waals surface area contributed by atoms with Crippen molar-refractivity contribution in [3.05, 3.63) is 24.6 Å². The van der Waals surface area contributed by atoms with E-state index >= 15 is 0 Å². The highest BCUT2D eigenvalue weighted by Gasteiger charge is 2.41. The van der Waals surface area contributed by atoms with Gasteiger partial charge in [0.25, 0.3) is 5.92 Å². The third-order valence-corrected chi connectivity index (χ3v) is 8.70. The van der Waals surface area contributed by atoms with Gasteiger partial charge in [0, 0.05) is 20.0 Å². The molecule has 0 aromatic heterocycles. The van der Waals surface area contributed by atoms with Crippen LogP contribution in [0.25, 0.3) is 0 Å². The number of halogens is 4. The fourth-order valence-electron chi connectivity index (χ4n) is 1.28. The molecule has 2 unspecified atom stereocenters. The van der Waals surface area contributed by atoms with Gasteiger partial charge in [0.1, 0.15) is 0 Å². The number of rotatable bonds is 11. The van der Waals surface area contributed by atoms with Gasteiger partial charge in [-0.2, -0.15) is 0 Å². The van der Waals surface area contributed by atoms with E-state index in [1.807, 2.05) is 0 Å². The molecule has 0 saturated heterocycles. The van der Waals surface area contributed by atoms with Crippen molar-refractivity contribution in [2.75, 3.05) is 13.2 Å². The Hall–Kier alpha value is -0.486. The minimum Gasteiger partial charge on any atom is -0.409 e. The van der Waals surface area contributed by atoms with Crippen LogP contribution in [0.5, 0.6) is 0 Å². The van der Waals surface area contributed by atoms with Crippen LogP contribution in [-0.4, -0.2) is 42.7 Å². The fraction of sp³-hybridized carbons (Fsp3) is 0.667. The Bertz CT molecular complexity index is 352. The minimum absolute atomic E-state index is 0.196. The van der Waals surface area contributed by atoms with Crippen LogP contribution in [0.1, 0.15) is 13.3 Å². The minimum atomic E-state index is -3.10. The van der Waals surface area contributed by atoms with E-state index < -0.39 is 42.5 Å². The Labute approximate surface area is 125 Å². The molecule has 21 heavy (non-hydrogen) atoms. The second-order valence-corrected chi connectivity index (χ2v) is 11.2. The van der Waals surface area contributed by atoms with E-state index in [0.29, 0.717) is 0 Å². The van der Waals surface area contributed by atoms with Crippen LogP contribution in [0.15, 0.2) is 24.6 Å². The summed E-state index contributed by atoms with van der Waals surface area (Å²) >= 11 is 0. The highest BCUT2D eigenvalue weighted by Crippen LogP contribution is 2.22. The molecule has 3 nitrogen and oxygen atoms in total. The van der Waals surface area contributed by atoms with E-state index in [1.54, 1.807) is 6.55 Å². The summed E-state index contributed by atoms with van der Waals surface area (Å²) < 4.78 is 66.3. The second-order valence-electron chi connectivity index (χ2n) is 4.93. The summed E-state index contributed by atoms with van der Waals surface area (Å²) in [7, 11) is -6.10. The molecule has 0 heterocycles. The van der Waals surface area contributed by atoms with Gasteiger partial charge in [-0.15, -0.1) is 13.2 Å². The second kappa shape index (κ2) is 8.23. The zero-order valence-corrected chi connectivity index (χ0v) is 14.5. The Balaban J connectivity index is 4.71. The largest absolute Gasteiger partial charge is 0.409 e. The summed E-state index contributed by atoms with van der Waals surface area (Å²) in [6.45, 7) is 9.96. The predicted octanol–water partition coefficient (Wildman–Crippen LogP) is 3.94. The van der Waals surface area contributed by atoms with Crippen LogP contribution >= 0.6 is 0 Å². The Kier molecular flexibility index (Phi) is 8.04. The van der Waals surface area contributed by atoms with Gasteiger partial charge in [0.15, 0.2) is 0 Å². The highest BCUT2D eigenvalue weighted by molar-refractivity contribution is 6.84. The van der Waals surface area contributed by atoms with Gasteiger partial charge in [-0.25, -0.2) is 17.6 Å². The van der Waals surface area contributed by atoms with Crippen LogP contribution in [0.2, 0.25) is 13.1 Å². The first-order chi connectivity index (χ1) is 9.45. The predicted molar refractivity (Wildman–Crippen MR) is 77.9 cm³/mol. The van der Waals surface area contributed by atoms with Crippen LogP contribution in [0.4, 0.5) is 17.6 Å². The van der Waals surface area contributed by atoms with E-state index in [9.17, 15) is 17.6 Å². The SMILES string of the molecule is C=C[Si](C)(OCCC(F)F)O[Si](C)(C=C)OCC(C)(F)F. The van der Waals surface area contributed by atoms with Crippen LogP contribution in [0.3, 0.4) is 0 Å². The van der Waals surface area contributed by atoms with Crippen molar-refractivity contribution in [3.63, 3.8) is 0 Å². The molecular formula is C12H22F4O3Si2. The maximum absolute atomic E-state index is 12.9. The van der Waals surface area contributed by atoms with Crippen molar-refractivity contribution in [1.82, 2.24) is 0 Å². The average Bonchev–Trinajstić information content (AvgIpc) is 2.35. The van der Waals surface area contributed by atoms with Gasteiger partial charge >= 0.3 is 17.1 Å². The topological polar surface area (TPSA) is 27.7 Å². The Morgan fingerprint density at radius 2 is 1.57 bits per heavy atom. The summed E-state index contributed by atoms with van der Waals surface area (Å²) in [5.74, 6) is -3.00. The summed E-state index contributed by atoms with van der Waals surface area (Å²) in [6, 6.07) is 0. The van der Waals surface area contributed by atoms with Crippen molar-refractivity contribution in [2.24, 2.45) is 0 Å². The molecule has 0 aromatic carbocycles. The standard InChI is InChI=1S/C12H22F4O3Si2/c1-6-20(4,17-9-8-11(13)14)19-21(5,7-2)18-10-12(3,15)16/h6-7,11H,1-2,8-10H2,3-5H3. The van der Waals surface area contributed by atoms with Gasteiger partial charge in [-0.05, 0) is 13.1 Å². The summed E-state index contributed by atoms with van der Waals surface area (Å²) in [4.78, 5) is 0. The van der Waals surface area contributed by atoms with E-state index in [-0.39, 0.29) is 6.61 Å². The molecule has 0 amide bonds. The smallest absolute Gasteiger partial charge is 0.352 e. The van der Waals surface area contributed by atoms with Crippen LogP contribution < -0.4 is 0 Å². The maximum Gasteiger partial charge on any atom is 0.352 e. The molecule has 0 aromatic rings. The van der Waals surface area contributed by atoms with Crippen molar-refractivity contribution in [3.8, 4) is 0 Å². The lowest BCUT2D eigenvalue weighted by Crippen LogP contribution is -2.51. The average molecular weight is 346 g/mol. The maximum atomic E-state index is 12.9. The molecule has 0 rings (SSSR count). The van der Waals surface area contributed by atoms with E-state index in [1.165, 1.54) is 17.9 Å². The van der Waals surface area contributed by atoms with Crippen LogP contribution in [-0.2, 0) is 13.0 Å². The quantitative estimate of drug-likeness (QED) is 0.419. The molecule has 9 heteroatoms. The molecule has 0 N–H and O–H groups in total. The summed E-state index contributed by atoms with van der Waals surface area (Å²) in [5, 5.41) is 0. The molecule has 0 fully saturated rings. The lowest BCUT2D eigenvalue weighted by molar-refractivity contribution is -0.0312. The first-order valence-corrected chi connectivity index (χ1v) is 11.2. The Morgan fingerprint density at radius 1 is 1.10 bits per heavy atom. The van der Waals surface area contributed by atoms with E-state index in [2.05, 4.69) is 13.2 Å². The molecule has 124 valence electrons. The van der Waals surface area contributed by atoms with Crippen LogP contribution in [0, 0.1) is 0 Å². The van der Waals surface area contributed by atoms with Crippen molar-refractivity contribution < 1.29 is 30.5 Å². The molecule has 0 radical (unpaired) electrons. The third-order valence-electron chi connectivity index (χ3n) is 2.48. The Morgan fingerprint density at radius 3 is 1.95 bits per heavy atom. The first kappa shape index (κ1) is 20.5. The van der Waals surface area contributed by atoms with E-state index in [4.69, 9.17) is 13.0 Å². The van der Waals surface area contributed by atoms with Crippen molar-refractivity contribution >= 4 is 17.1 Å². The lowest BCUT2D eigenvalue weighted by Gasteiger charge is -2.33. The number of hydrogen-bond donors (Lipinski definition) is 0. The molecule has 0 saturated carbocycles. The molecule has 0 bridgehead atoms. The third kappa shape index (κ3) is 9.19. The first-order valence-electron chi connectivity index (χ1n) is 6.36. The zero-order chi connectivity index (χ0) is 16.7. The fourth-order valence-corrected chi connectivity index (χ4v) is 6.94. The summed E-state index contributed by atoms with van der Waals surface area (Å²) in [6.07, 6.45) is -2.91. The number of alkyl halides is 4. The molecule has 0 aliphatic heterocycles. The van der Waals surface area contributed by atoms with Gasteiger partial charge in [-0.1, -0.05) is 11.4 Å². The zero-order valence-electron chi connectivity index (χ0n) is 12.5. The monoisotopic (exact) mass is 346 g/mol. The van der Waals surface area contributed by atoms with E-state index in [0.717, 1.165) is 6.92 Å². The van der Waals surface area contributed by atoms with Crippen molar-refractivity contribution in [1.29, 1.82) is 0 Å². The molecule has 0 aliphatic rings. The number of hydrogen-bond acceptors (Lipinski definition) is 3. The van der Waals surface area contributed by atoms with Gasteiger partial charge < -0.3 is 13.0 Å². The lowest BCUT2D eigenvalue weighted by atomic mass is 10.4. The van der Waals surface area contributed by atoms with Gasteiger partial charge in [0.05, 0.1) is 6.61 Å². The van der Waals surface area contributed by atoms with Gasteiger partial charge in [-0.3, -0.25) is 0 Å². The normalized spacial score (nSPS) is 18.1. The van der Waals surface area contributed by atoms with Gasteiger partial charge in [0.2, 0.25) is 6.43 Å². The summed E-state index contributed by atoms with van der Waals surface area (Å²) in [5.41, 5.74) is 2.75.